The van der Waals surface area contributed by atoms with Crippen molar-refractivity contribution in [1.29, 1.82) is 0 Å². The zero-order valence-electron chi connectivity index (χ0n) is 8.11. The third-order valence-corrected chi connectivity index (χ3v) is 4.53. The van der Waals surface area contributed by atoms with Crippen molar-refractivity contribution in [3.05, 3.63) is 0 Å². The molecular formula is C10H19Al. The second kappa shape index (κ2) is 8.19. The summed E-state index contributed by atoms with van der Waals surface area (Å²) >= 11 is -0.596. The van der Waals surface area contributed by atoms with Gasteiger partial charge in [-0.15, -0.1) is 5.92 Å². The van der Waals surface area contributed by atoms with Gasteiger partial charge in [-0.1, -0.05) is 37.8 Å². The highest BCUT2D eigenvalue weighted by molar-refractivity contribution is 6.67. The first kappa shape index (κ1) is 11.1. The average Bonchev–Trinajstić information content (AvgIpc) is 2.05. The van der Waals surface area contributed by atoms with Crippen molar-refractivity contribution in [3.63, 3.8) is 0 Å². The highest BCUT2D eigenvalue weighted by Gasteiger charge is 2.06. The third-order valence-electron chi connectivity index (χ3n) is 1.95. The van der Waals surface area contributed by atoms with Crippen LogP contribution in [0.3, 0.4) is 0 Å². The lowest BCUT2D eigenvalue weighted by molar-refractivity contribution is 0.828. The first-order valence-corrected chi connectivity index (χ1v) is 7.04. The SMILES string of the molecule is CCCCC#[C][Al]([CH2]C)[CH2]C. The molecule has 11 heavy (non-hydrogen) atoms. The molecule has 0 bridgehead atoms. The second-order valence-corrected chi connectivity index (χ2v) is 6.25. The molecule has 0 rings (SSSR count). The van der Waals surface area contributed by atoms with Crippen LogP contribution >= 0.6 is 0 Å². The van der Waals surface area contributed by atoms with Crippen molar-refractivity contribution in [2.45, 2.75) is 50.6 Å². The lowest BCUT2D eigenvalue weighted by atomic mass is 10.3. The van der Waals surface area contributed by atoms with Crippen LogP contribution in [0.4, 0.5) is 0 Å². The maximum Gasteiger partial charge on any atom is 0.375 e. The van der Waals surface area contributed by atoms with E-state index in [-0.39, 0.29) is 0 Å². The molecule has 0 saturated heterocycles. The summed E-state index contributed by atoms with van der Waals surface area (Å²) in [6.07, 6.45) is 3.68. The summed E-state index contributed by atoms with van der Waals surface area (Å²) in [5.74, 6) is 3.30. The fraction of sp³-hybridized carbons (Fsp3) is 0.800. The first-order chi connectivity index (χ1) is 5.35. The van der Waals surface area contributed by atoms with Gasteiger partial charge in [0.2, 0.25) is 0 Å². The van der Waals surface area contributed by atoms with Crippen LogP contribution < -0.4 is 0 Å². The summed E-state index contributed by atoms with van der Waals surface area (Å²) in [6.45, 7) is 6.76. The van der Waals surface area contributed by atoms with Crippen LogP contribution in [0.5, 0.6) is 0 Å². The topological polar surface area (TPSA) is 0 Å². The standard InChI is InChI=1S/C6H9.2C2H5.Al/c1-3-5-6-4-2;2*1-2;/h3,5-6H2,1H3;2*1H2,2H3;. The van der Waals surface area contributed by atoms with Crippen LogP contribution in [0.15, 0.2) is 0 Å². The van der Waals surface area contributed by atoms with E-state index < -0.39 is 14.1 Å². The maximum absolute atomic E-state index is 3.44. The summed E-state index contributed by atoms with van der Waals surface area (Å²) in [5.41, 5.74) is 0. The highest BCUT2D eigenvalue weighted by Crippen LogP contribution is 1.96. The molecule has 0 atom stereocenters. The molecule has 0 fully saturated rings. The van der Waals surface area contributed by atoms with Crippen LogP contribution in [0.1, 0.15) is 40.0 Å². The van der Waals surface area contributed by atoms with Gasteiger partial charge in [-0.2, -0.15) is 0 Å². The Balaban J connectivity index is 3.47. The molecule has 0 aliphatic heterocycles. The van der Waals surface area contributed by atoms with Crippen molar-refractivity contribution >= 4 is 14.1 Å². The minimum absolute atomic E-state index is 0.596. The Morgan fingerprint density at radius 2 is 1.73 bits per heavy atom. The molecule has 0 radical (unpaired) electrons. The van der Waals surface area contributed by atoms with Crippen molar-refractivity contribution in [1.82, 2.24) is 0 Å². The molecule has 0 aromatic carbocycles. The zero-order chi connectivity index (χ0) is 8.53. The predicted octanol–water partition coefficient (Wildman–Crippen LogP) is 3.25. The third kappa shape index (κ3) is 6.49. The van der Waals surface area contributed by atoms with Crippen molar-refractivity contribution in [3.8, 4) is 10.7 Å². The molecule has 62 valence electrons. The summed E-state index contributed by atoms with van der Waals surface area (Å²) in [4.78, 5) is 3.44. The monoisotopic (exact) mass is 166 g/mol. The van der Waals surface area contributed by atoms with Crippen molar-refractivity contribution in [2.24, 2.45) is 0 Å². The largest absolute Gasteiger partial charge is 0.375 e. The van der Waals surface area contributed by atoms with Crippen molar-refractivity contribution < 1.29 is 0 Å². The van der Waals surface area contributed by atoms with Gasteiger partial charge in [0.25, 0.3) is 0 Å². The fourth-order valence-electron chi connectivity index (χ4n) is 0.974. The summed E-state index contributed by atoms with van der Waals surface area (Å²) in [7, 11) is 0. The zero-order valence-corrected chi connectivity index (χ0v) is 9.27. The molecular weight excluding hydrogens is 147 g/mol. The first-order valence-electron chi connectivity index (χ1n) is 4.83. The minimum Gasteiger partial charge on any atom is -0.205 e. The Morgan fingerprint density at radius 3 is 2.18 bits per heavy atom. The Labute approximate surface area is 75.8 Å². The molecule has 0 nitrogen and oxygen atoms in total. The quantitative estimate of drug-likeness (QED) is 0.341. The Hall–Kier alpha value is 0.0925. The number of hydrogen-bond donors (Lipinski definition) is 0. The van der Waals surface area contributed by atoms with Crippen molar-refractivity contribution in [2.75, 3.05) is 0 Å². The van der Waals surface area contributed by atoms with Gasteiger partial charge >= 0.3 is 14.1 Å². The number of unbranched alkanes of at least 4 members (excludes halogenated alkanes) is 2. The van der Waals surface area contributed by atoms with E-state index in [2.05, 4.69) is 31.5 Å². The van der Waals surface area contributed by atoms with E-state index in [1.165, 1.54) is 23.4 Å². The molecule has 0 amide bonds. The van der Waals surface area contributed by atoms with Gasteiger partial charge in [-0.25, -0.2) is 4.78 Å². The Morgan fingerprint density at radius 1 is 1.09 bits per heavy atom. The fourth-order valence-corrected chi connectivity index (χ4v) is 2.39. The maximum atomic E-state index is 3.44. The van der Waals surface area contributed by atoms with Gasteiger partial charge in [0.1, 0.15) is 0 Å². The van der Waals surface area contributed by atoms with E-state index >= 15 is 0 Å². The molecule has 0 spiro atoms. The normalized spacial score (nSPS) is 8.64. The van der Waals surface area contributed by atoms with E-state index in [4.69, 9.17) is 0 Å². The molecule has 0 N–H and O–H groups in total. The van der Waals surface area contributed by atoms with Gasteiger partial charge in [0.15, 0.2) is 0 Å². The molecule has 0 unspecified atom stereocenters. The smallest absolute Gasteiger partial charge is 0.205 e. The second-order valence-electron chi connectivity index (χ2n) is 2.94. The molecule has 0 aromatic heterocycles. The predicted molar refractivity (Wildman–Crippen MR) is 54.0 cm³/mol. The summed E-state index contributed by atoms with van der Waals surface area (Å²) in [6, 6.07) is 0. The van der Waals surface area contributed by atoms with E-state index in [0.717, 1.165) is 6.42 Å². The number of rotatable bonds is 4. The summed E-state index contributed by atoms with van der Waals surface area (Å²) < 4.78 is 0. The molecule has 1 heteroatoms. The Kier molecular flexibility index (Phi) is 8.26. The molecule has 0 saturated carbocycles. The minimum atomic E-state index is -0.596. The van der Waals surface area contributed by atoms with E-state index in [1.54, 1.807) is 0 Å². The lowest BCUT2D eigenvalue weighted by Gasteiger charge is -1.92. The molecule has 0 aliphatic rings. The van der Waals surface area contributed by atoms with Gasteiger partial charge < -0.3 is 0 Å². The van der Waals surface area contributed by atoms with Gasteiger partial charge in [0, 0.05) is 6.42 Å². The van der Waals surface area contributed by atoms with Gasteiger partial charge in [0.05, 0.1) is 0 Å². The molecule has 0 heterocycles. The van der Waals surface area contributed by atoms with Gasteiger partial charge in [-0.05, 0) is 6.42 Å². The van der Waals surface area contributed by atoms with Crippen LogP contribution in [-0.2, 0) is 0 Å². The average molecular weight is 166 g/mol. The van der Waals surface area contributed by atoms with Crippen LogP contribution in [0.25, 0.3) is 0 Å². The number of hydrogen-bond acceptors (Lipinski definition) is 0. The van der Waals surface area contributed by atoms with Gasteiger partial charge in [-0.3, -0.25) is 0 Å². The van der Waals surface area contributed by atoms with Crippen LogP contribution in [0, 0.1) is 10.7 Å². The summed E-state index contributed by atoms with van der Waals surface area (Å²) in [5, 5.41) is 2.69. The van der Waals surface area contributed by atoms with Crippen LogP contribution in [-0.4, -0.2) is 14.1 Å². The molecule has 0 aromatic rings. The van der Waals surface area contributed by atoms with Crippen LogP contribution in [0.2, 0.25) is 10.6 Å². The highest BCUT2D eigenvalue weighted by atomic mass is 27.2. The molecule has 0 aliphatic carbocycles. The van der Waals surface area contributed by atoms with E-state index in [9.17, 15) is 0 Å². The van der Waals surface area contributed by atoms with E-state index in [1.807, 2.05) is 0 Å². The Bertz CT molecular complexity index is 126. The van der Waals surface area contributed by atoms with E-state index in [0.29, 0.717) is 0 Å². The lowest BCUT2D eigenvalue weighted by Crippen LogP contribution is -2.04.